The van der Waals surface area contributed by atoms with Crippen LogP contribution in [-0.2, 0) is 14.4 Å². The first-order valence-electron chi connectivity index (χ1n) is 10.6. The molecule has 0 aromatic heterocycles. The first kappa shape index (κ1) is 24.6. The van der Waals surface area contributed by atoms with Crippen LogP contribution in [0, 0.1) is 5.41 Å². The van der Waals surface area contributed by atoms with Crippen molar-refractivity contribution in [3.8, 4) is 11.1 Å². The Balaban J connectivity index is 1.83. The minimum absolute atomic E-state index is 0.0912. The molecule has 4 nitrogen and oxygen atoms in total. The lowest BCUT2D eigenvalue weighted by molar-refractivity contribution is -0.201. The maximum absolute atomic E-state index is 13.6. The van der Waals surface area contributed by atoms with Crippen molar-refractivity contribution in [1.29, 1.82) is 0 Å². The Bertz CT molecular complexity index is 1090. The van der Waals surface area contributed by atoms with E-state index in [4.69, 9.17) is 0 Å². The summed E-state index contributed by atoms with van der Waals surface area (Å²) in [6.45, 7) is 2.64. The van der Waals surface area contributed by atoms with Crippen molar-refractivity contribution in [2.75, 3.05) is 5.32 Å². The normalized spacial score (nSPS) is 16.3. The molecule has 1 amide bonds. The predicted molar refractivity (Wildman–Crippen MR) is 116 cm³/mol. The number of amides is 1. The van der Waals surface area contributed by atoms with Crippen LogP contribution in [0.2, 0.25) is 0 Å². The summed E-state index contributed by atoms with van der Waals surface area (Å²) in [4.78, 5) is 38.7. The van der Waals surface area contributed by atoms with E-state index in [-0.39, 0.29) is 13.3 Å². The Morgan fingerprint density at radius 1 is 0.879 bits per heavy atom. The molecule has 0 saturated heterocycles. The molecule has 0 saturated carbocycles. The second-order valence-corrected chi connectivity index (χ2v) is 8.94. The van der Waals surface area contributed by atoms with E-state index in [1.165, 1.54) is 13.8 Å². The number of benzene rings is 2. The number of fused-ring (bicyclic) bond motifs is 3. The molecule has 1 aliphatic heterocycles. The number of hydrogen-bond donors (Lipinski definition) is 1. The van der Waals surface area contributed by atoms with Gasteiger partial charge in [0.1, 0.15) is 11.6 Å². The van der Waals surface area contributed by atoms with E-state index in [2.05, 4.69) is 5.32 Å². The number of rotatable bonds is 8. The molecule has 0 spiro atoms. The summed E-state index contributed by atoms with van der Waals surface area (Å²) in [7, 11) is 0. The Hall–Kier alpha value is -3.03. The van der Waals surface area contributed by atoms with Crippen LogP contribution in [0.15, 0.2) is 48.5 Å². The molecule has 1 aliphatic rings. The first-order chi connectivity index (χ1) is 15.3. The molecule has 33 heavy (non-hydrogen) atoms. The number of nitrogens with one attached hydrogen (secondary N) is 1. The van der Waals surface area contributed by atoms with Crippen LogP contribution in [0.1, 0.15) is 51.5 Å². The fourth-order valence-electron chi connectivity index (χ4n) is 3.84. The van der Waals surface area contributed by atoms with Gasteiger partial charge in [-0.25, -0.2) is 8.78 Å². The van der Waals surface area contributed by atoms with Crippen LogP contribution in [-0.4, -0.2) is 29.3 Å². The highest BCUT2D eigenvalue weighted by Crippen LogP contribution is 2.41. The van der Waals surface area contributed by atoms with Crippen molar-refractivity contribution >= 4 is 23.2 Å². The molecule has 2 aromatic rings. The smallest absolute Gasteiger partial charge is 0.310 e. The Morgan fingerprint density at radius 3 is 2.09 bits per heavy atom. The number of halogens is 4. The van der Waals surface area contributed by atoms with E-state index < -0.39 is 53.5 Å². The Labute approximate surface area is 189 Å². The number of carbonyl (C=O) groups is 3. The Kier molecular flexibility index (Phi) is 6.51. The van der Waals surface area contributed by atoms with Crippen molar-refractivity contribution < 1.29 is 31.9 Å². The molecule has 0 aliphatic carbocycles. The van der Waals surface area contributed by atoms with E-state index in [0.717, 1.165) is 11.1 Å². The number of para-hydroxylation sites is 1. The second-order valence-electron chi connectivity index (χ2n) is 8.94. The van der Waals surface area contributed by atoms with Crippen molar-refractivity contribution in [2.24, 2.45) is 5.41 Å². The highest BCUT2D eigenvalue weighted by Gasteiger charge is 2.52. The zero-order valence-electron chi connectivity index (χ0n) is 18.6. The molecule has 1 heterocycles. The van der Waals surface area contributed by atoms with E-state index >= 15 is 0 Å². The monoisotopic (exact) mass is 463 g/mol. The van der Waals surface area contributed by atoms with Gasteiger partial charge in [0, 0.05) is 37.4 Å². The maximum Gasteiger partial charge on any atom is 0.310 e. The fourth-order valence-corrected chi connectivity index (χ4v) is 3.84. The molecule has 0 bridgehead atoms. The summed E-state index contributed by atoms with van der Waals surface area (Å²) < 4.78 is 53.4. The third kappa shape index (κ3) is 4.84. The lowest BCUT2D eigenvalue weighted by Crippen LogP contribution is -2.40. The highest BCUT2D eigenvalue weighted by molar-refractivity contribution is 6.10. The van der Waals surface area contributed by atoms with Crippen LogP contribution in [0.3, 0.4) is 0 Å². The zero-order valence-corrected chi connectivity index (χ0v) is 18.6. The van der Waals surface area contributed by atoms with Crippen molar-refractivity contribution in [2.45, 2.75) is 57.8 Å². The van der Waals surface area contributed by atoms with E-state index in [9.17, 15) is 31.9 Å². The molecular weight excluding hydrogens is 438 g/mol. The lowest BCUT2D eigenvalue weighted by Gasteiger charge is -2.27. The predicted octanol–water partition coefficient (Wildman–Crippen LogP) is 6.01. The van der Waals surface area contributed by atoms with Crippen LogP contribution in [0.25, 0.3) is 11.1 Å². The summed E-state index contributed by atoms with van der Waals surface area (Å²) >= 11 is 0. The van der Waals surface area contributed by atoms with Gasteiger partial charge >= 0.3 is 11.8 Å². The topological polar surface area (TPSA) is 63.2 Å². The molecule has 1 N–H and O–H groups in total. The van der Waals surface area contributed by atoms with Gasteiger partial charge < -0.3 is 5.32 Å². The van der Waals surface area contributed by atoms with Crippen molar-refractivity contribution in [1.82, 2.24) is 0 Å². The molecule has 0 fully saturated rings. The van der Waals surface area contributed by atoms with Gasteiger partial charge in [-0.05, 0) is 31.0 Å². The van der Waals surface area contributed by atoms with Gasteiger partial charge in [-0.2, -0.15) is 8.78 Å². The van der Waals surface area contributed by atoms with Crippen LogP contribution >= 0.6 is 0 Å². The fraction of sp³-hybridized carbons (Fsp3) is 0.400. The first-order valence-corrected chi connectivity index (χ1v) is 10.6. The molecule has 176 valence electrons. The quantitative estimate of drug-likeness (QED) is 0.385. The number of carbonyl (C=O) groups excluding carboxylic acids is 3. The maximum atomic E-state index is 13.6. The standard InChI is InChI=1S/C25H25F4NO3/c1-23(2,20(31)12-13-25(28,29)24(3,26)27)21(32)14-18-16-9-5-4-8-15(16)17-10-6-7-11-19(17)30-22(18)33/h4-11,18H,12-14H2,1-3H3,(H,30,33)/t18-/m0/s1. The zero-order chi connectivity index (χ0) is 24.6. The number of alkyl halides is 4. The largest absolute Gasteiger partial charge is 0.325 e. The summed E-state index contributed by atoms with van der Waals surface area (Å²) in [5, 5.41) is 2.81. The van der Waals surface area contributed by atoms with Gasteiger partial charge in [-0.3, -0.25) is 14.4 Å². The third-order valence-corrected chi connectivity index (χ3v) is 6.22. The van der Waals surface area contributed by atoms with Crippen molar-refractivity contribution in [3.63, 3.8) is 0 Å². The van der Waals surface area contributed by atoms with E-state index in [1.807, 2.05) is 18.2 Å². The molecule has 2 aromatic carbocycles. The molecule has 0 unspecified atom stereocenters. The van der Waals surface area contributed by atoms with Crippen LogP contribution < -0.4 is 5.32 Å². The molecule has 1 atom stereocenters. The summed E-state index contributed by atoms with van der Waals surface area (Å²) in [6, 6.07) is 14.3. The third-order valence-electron chi connectivity index (χ3n) is 6.22. The molecule has 0 radical (unpaired) electrons. The van der Waals surface area contributed by atoms with Gasteiger partial charge in [-0.1, -0.05) is 42.5 Å². The van der Waals surface area contributed by atoms with E-state index in [1.54, 1.807) is 30.3 Å². The second kappa shape index (κ2) is 8.72. The average Bonchev–Trinajstić information content (AvgIpc) is 2.86. The highest BCUT2D eigenvalue weighted by atomic mass is 19.3. The minimum Gasteiger partial charge on any atom is -0.325 e. The molecular formula is C25H25F4NO3. The van der Waals surface area contributed by atoms with Crippen LogP contribution in [0.5, 0.6) is 0 Å². The summed E-state index contributed by atoms with van der Waals surface area (Å²) in [5.41, 5.74) is 1.03. The molecule has 8 heteroatoms. The number of anilines is 1. The minimum atomic E-state index is -4.37. The SMILES string of the molecule is CC(C)(C(=O)CCC(F)(F)C(C)(F)F)C(=O)C[C@@H]1C(=O)Nc2ccccc2-c2ccccc21. The van der Waals surface area contributed by atoms with Gasteiger partial charge in [0.05, 0.1) is 11.3 Å². The van der Waals surface area contributed by atoms with E-state index in [0.29, 0.717) is 11.3 Å². The number of hydrogen-bond acceptors (Lipinski definition) is 3. The summed E-state index contributed by atoms with van der Waals surface area (Å²) in [5.74, 6) is -11.5. The van der Waals surface area contributed by atoms with Gasteiger partial charge in [0.2, 0.25) is 5.91 Å². The molecule has 3 rings (SSSR count). The van der Waals surface area contributed by atoms with Gasteiger partial charge in [0.15, 0.2) is 0 Å². The van der Waals surface area contributed by atoms with Gasteiger partial charge in [-0.15, -0.1) is 0 Å². The number of ketones is 2. The summed E-state index contributed by atoms with van der Waals surface area (Å²) in [6.07, 6.45) is -2.59. The lowest BCUT2D eigenvalue weighted by atomic mass is 9.76. The average molecular weight is 463 g/mol. The van der Waals surface area contributed by atoms with Crippen molar-refractivity contribution in [3.05, 3.63) is 54.1 Å². The van der Waals surface area contributed by atoms with Gasteiger partial charge in [0.25, 0.3) is 0 Å². The van der Waals surface area contributed by atoms with Crippen LogP contribution in [0.4, 0.5) is 23.2 Å². The Morgan fingerprint density at radius 2 is 1.45 bits per heavy atom. The number of Topliss-reactive ketones (excluding diaryl/α,β-unsaturated/α-hetero) is 2.